The molecular formula is C13H13Cl2NO4. The van der Waals surface area contributed by atoms with E-state index in [2.05, 4.69) is 0 Å². The monoisotopic (exact) mass is 317 g/mol. The minimum Gasteiger partial charge on any atom is -0.465 e. The van der Waals surface area contributed by atoms with Crippen LogP contribution >= 0.6 is 23.2 Å². The normalized spacial score (nSPS) is 23.2. The molecule has 0 aromatic heterocycles. The van der Waals surface area contributed by atoms with Gasteiger partial charge in [-0.3, -0.25) is 0 Å². The molecular weight excluding hydrogens is 305 g/mol. The van der Waals surface area contributed by atoms with Crippen LogP contribution in [0, 0.1) is 5.92 Å². The van der Waals surface area contributed by atoms with Gasteiger partial charge in [-0.15, -0.1) is 0 Å². The SMILES string of the molecule is O=C[C@@H]1CN(C(=O)O)CCO[C@H]1c1ccc(Cl)c(Cl)c1. The van der Waals surface area contributed by atoms with Crippen molar-refractivity contribution in [2.24, 2.45) is 5.92 Å². The van der Waals surface area contributed by atoms with E-state index in [1.54, 1.807) is 18.2 Å². The second kappa shape index (κ2) is 6.43. The molecule has 0 aliphatic carbocycles. The maximum absolute atomic E-state index is 11.3. The van der Waals surface area contributed by atoms with Crippen molar-refractivity contribution >= 4 is 35.6 Å². The van der Waals surface area contributed by atoms with E-state index in [9.17, 15) is 9.59 Å². The summed E-state index contributed by atoms with van der Waals surface area (Å²) >= 11 is 11.8. The number of ether oxygens (including phenoxy) is 1. The van der Waals surface area contributed by atoms with Crippen LogP contribution in [-0.2, 0) is 9.53 Å². The number of hydrogen-bond donors (Lipinski definition) is 1. The van der Waals surface area contributed by atoms with Crippen LogP contribution in [0.15, 0.2) is 18.2 Å². The van der Waals surface area contributed by atoms with Gasteiger partial charge in [0.2, 0.25) is 0 Å². The topological polar surface area (TPSA) is 66.8 Å². The highest BCUT2D eigenvalue weighted by Crippen LogP contribution is 2.32. The second-order valence-corrected chi connectivity index (χ2v) is 5.31. The van der Waals surface area contributed by atoms with Crippen LogP contribution in [0.4, 0.5) is 4.79 Å². The molecule has 2 rings (SSSR count). The van der Waals surface area contributed by atoms with Crippen molar-refractivity contribution < 1.29 is 19.4 Å². The summed E-state index contributed by atoms with van der Waals surface area (Å²) in [7, 11) is 0. The lowest BCUT2D eigenvalue weighted by atomic mass is 9.96. The highest BCUT2D eigenvalue weighted by molar-refractivity contribution is 6.42. The van der Waals surface area contributed by atoms with Crippen LogP contribution in [0.1, 0.15) is 11.7 Å². The molecule has 0 unspecified atom stereocenters. The molecule has 0 saturated carbocycles. The Labute approximate surface area is 126 Å². The number of aldehydes is 1. The van der Waals surface area contributed by atoms with E-state index in [0.29, 0.717) is 21.9 Å². The van der Waals surface area contributed by atoms with E-state index in [4.69, 9.17) is 33.0 Å². The van der Waals surface area contributed by atoms with Crippen molar-refractivity contribution in [2.45, 2.75) is 6.10 Å². The molecule has 5 nitrogen and oxygen atoms in total. The summed E-state index contributed by atoms with van der Waals surface area (Å²) in [5.74, 6) is -0.578. The Kier molecular flexibility index (Phi) is 4.86. The first-order valence-electron chi connectivity index (χ1n) is 6.02. The summed E-state index contributed by atoms with van der Waals surface area (Å²) < 4.78 is 5.63. The maximum Gasteiger partial charge on any atom is 0.407 e. The first-order chi connectivity index (χ1) is 9.52. The Morgan fingerprint density at radius 1 is 1.40 bits per heavy atom. The molecule has 1 fully saturated rings. The molecule has 0 bridgehead atoms. The summed E-state index contributed by atoms with van der Waals surface area (Å²) in [5.41, 5.74) is 0.712. The average molecular weight is 318 g/mol. The van der Waals surface area contributed by atoms with Crippen LogP contribution in [0.2, 0.25) is 10.0 Å². The number of carbonyl (C=O) groups excluding carboxylic acids is 1. The molecule has 0 spiro atoms. The summed E-state index contributed by atoms with van der Waals surface area (Å²) in [6.07, 6.45) is -0.865. The van der Waals surface area contributed by atoms with Crippen molar-refractivity contribution in [3.63, 3.8) is 0 Å². The lowest BCUT2D eigenvalue weighted by Crippen LogP contribution is -2.35. The lowest BCUT2D eigenvalue weighted by Gasteiger charge is -2.22. The number of amides is 1. The number of rotatable bonds is 2. The predicted octanol–water partition coefficient (Wildman–Crippen LogP) is 2.86. The molecule has 1 saturated heterocycles. The molecule has 0 radical (unpaired) electrons. The van der Waals surface area contributed by atoms with Crippen LogP contribution in [-0.4, -0.2) is 42.1 Å². The smallest absolute Gasteiger partial charge is 0.407 e. The molecule has 1 N–H and O–H groups in total. The van der Waals surface area contributed by atoms with E-state index in [-0.39, 0.29) is 19.7 Å². The Balaban J connectivity index is 2.27. The third-order valence-corrected chi connectivity index (χ3v) is 3.94. The minimum atomic E-state index is -1.06. The van der Waals surface area contributed by atoms with E-state index in [0.717, 1.165) is 0 Å². The maximum atomic E-state index is 11.3. The Bertz CT molecular complexity index is 523. The molecule has 1 aliphatic heterocycles. The van der Waals surface area contributed by atoms with E-state index in [1.165, 1.54) is 4.90 Å². The second-order valence-electron chi connectivity index (χ2n) is 4.49. The summed E-state index contributed by atoms with van der Waals surface area (Å²) in [6.45, 7) is 0.558. The number of hydrogen-bond acceptors (Lipinski definition) is 3. The zero-order chi connectivity index (χ0) is 14.7. The van der Waals surface area contributed by atoms with Gasteiger partial charge in [0.15, 0.2) is 0 Å². The fourth-order valence-corrected chi connectivity index (χ4v) is 2.48. The Morgan fingerprint density at radius 3 is 2.75 bits per heavy atom. The van der Waals surface area contributed by atoms with Gasteiger partial charge in [0.05, 0.1) is 28.7 Å². The fourth-order valence-electron chi connectivity index (χ4n) is 2.18. The number of nitrogens with zero attached hydrogens (tertiary/aromatic N) is 1. The Hall–Kier alpha value is -1.30. The third kappa shape index (κ3) is 3.23. The van der Waals surface area contributed by atoms with Crippen LogP contribution in [0.25, 0.3) is 0 Å². The molecule has 1 aromatic rings. The van der Waals surface area contributed by atoms with E-state index < -0.39 is 18.1 Å². The molecule has 1 heterocycles. The van der Waals surface area contributed by atoms with Gasteiger partial charge in [-0.05, 0) is 17.7 Å². The van der Waals surface area contributed by atoms with Crippen molar-refractivity contribution in [3.8, 4) is 0 Å². The summed E-state index contributed by atoms with van der Waals surface area (Å²) in [5, 5.41) is 9.82. The first kappa shape index (κ1) is 15.1. The Morgan fingerprint density at radius 2 is 2.15 bits per heavy atom. The standard InChI is InChI=1S/C13H13Cl2NO4/c14-10-2-1-8(5-11(10)15)12-9(7-17)6-16(13(18)19)3-4-20-12/h1-2,5,7,9,12H,3-4,6H2,(H,18,19)/t9-,12-/m0/s1. The largest absolute Gasteiger partial charge is 0.465 e. The van der Waals surface area contributed by atoms with Crippen molar-refractivity contribution in [1.29, 1.82) is 0 Å². The highest BCUT2D eigenvalue weighted by atomic mass is 35.5. The zero-order valence-electron chi connectivity index (χ0n) is 10.5. The zero-order valence-corrected chi connectivity index (χ0v) is 12.0. The summed E-state index contributed by atoms with van der Waals surface area (Å²) in [6, 6.07) is 5.00. The highest BCUT2D eigenvalue weighted by Gasteiger charge is 2.31. The molecule has 1 amide bonds. The minimum absolute atomic E-state index is 0.101. The molecule has 1 aliphatic rings. The van der Waals surface area contributed by atoms with Crippen molar-refractivity contribution in [2.75, 3.05) is 19.7 Å². The van der Waals surface area contributed by atoms with E-state index in [1.807, 2.05) is 0 Å². The first-order valence-corrected chi connectivity index (χ1v) is 6.78. The number of carbonyl (C=O) groups is 2. The van der Waals surface area contributed by atoms with Crippen molar-refractivity contribution in [3.05, 3.63) is 33.8 Å². The molecule has 1 aromatic carbocycles. The van der Waals surface area contributed by atoms with Crippen molar-refractivity contribution in [1.82, 2.24) is 4.90 Å². The van der Waals surface area contributed by atoms with Crippen LogP contribution in [0.3, 0.4) is 0 Å². The average Bonchev–Trinajstić information content (AvgIpc) is 2.64. The predicted molar refractivity (Wildman–Crippen MR) is 74.3 cm³/mol. The van der Waals surface area contributed by atoms with Gasteiger partial charge in [0.1, 0.15) is 6.29 Å². The van der Waals surface area contributed by atoms with Gasteiger partial charge in [-0.2, -0.15) is 0 Å². The number of benzene rings is 1. The van der Waals surface area contributed by atoms with Crippen LogP contribution < -0.4 is 0 Å². The van der Waals surface area contributed by atoms with Gasteiger partial charge in [-0.25, -0.2) is 4.79 Å². The number of carboxylic acid groups (broad SMARTS) is 1. The van der Waals surface area contributed by atoms with Gasteiger partial charge in [-0.1, -0.05) is 29.3 Å². The fraction of sp³-hybridized carbons (Fsp3) is 0.385. The molecule has 2 atom stereocenters. The number of halogens is 2. The van der Waals surface area contributed by atoms with Crippen LogP contribution in [0.5, 0.6) is 0 Å². The van der Waals surface area contributed by atoms with Gasteiger partial charge in [0, 0.05) is 13.1 Å². The summed E-state index contributed by atoms with van der Waals surface area (Å²) in [4.78, 5) is 23.5. The molecule has 108 valence electrons. The molecule has 7 heteroatoms. The molecule has 20 heavy (non-hydrogen) atoms. The lowest BCUT2D eigenvalue weighted by molar-refractivity contribution is -0.115. The van der Waals surface area contributed by atoms with Gasteiger partial charge < -0.3 is 19.5 Å². The van der Waals surface area contributed by atoms with E-state index >= 15 is 0 Å². The van der Waals surface area contributed by atoms with Gasteiger partial charge >= 0.3 is 6.09 Å². The third-order valence-electron chi connectivity index (χ3n) is 3.20. The quantitative estimate of drug-likeness (QED) is 0.852. The van der Waals surface area contributed by atoms with Gasteiger partial charge in [0.25, 0.3) is 0 Å².